The van der Waals surface area contributed by atoms with Crippen molar-refractivity contribution in [2.24, 2.45) is 0 Å². The van der Waals surface area contributed by atoms with Gasteiger partial charge in [-0.05, 0) is 37.5 Å². The standard InChI is InChI=1S/C13H14F3NO2/c1-17(8-3-2-4-8)9-5-6-11(13(14,15)16)10(7-9)12(18)19/h5-8H,2-4H2,1H3,(H,18,19). The van der Waals surface area contributed by atoms with E-state index in [4.69, 9.17) is 5.11 Å². The molecule has 0 aliphatic heterocycles. The molecule has 1 aromatic carbocycles. The van der Waals surface area contributed by atoms with E-state index in [2.05, 4.69) is 0 Å². The molecular formula is C13H14F3NO2. The minimum Gasteiger partial charge on any atom is -0.478 e. The number of anilines is 1. The second-order valence-corrected chi connectivity index (χ2v) is 4.73. The molecule has 0 aromatic heterocycles. The number of benzene rings is 1. The van der Waals surface area contributed by atoms with Gasteiger partial charge in [-0.1, -0.05) is 0 Å². The van der Waals surface area contributed by atoms with E-state index in [1.54, 1.807) is 7.05 Å². The summed E-state index contributed by atoms with van der Waals surface area (Å²) in [5, 5.41) is 8.93. The maximum Gasteiger partial charge on any atom is 0.417 e. The molecule has 1 fully saturated rings. The predicted molar refractivity (Wildman–Crippen MR) is 64.4 cm³/mol. The van der Waals surface area contributed by atoms with Crippen molar-refractivity contribution in [2.75, 3.05) is 11.9 Å². The number of aromatic carboxylic acids is 1. The van der Waals surface area contributed by atoms with Crippen molar-refractivity contribution in [2.45, 2.75) is 31.5 Å². The molecule has 2 rings (SSSR count). The van der Waals surface area contributed by atoms with Crippen LogP contribution in [0.2, 0.25) is 0 Å². The first kappa shape index (κ1) is 13.7. The van der Waals surface area contributed by atoms with Gasteiger partial charge < -0.3 is 10.0 Å². The van der Waals surface area contributed by atoms with Crippen molar-refractivity contribution in [3.63, 3.8) is 0 Å². The lowest BCUT2D eigenvalue weighted by Crippen LogP contribution is -2.37. The number of halogens is 3. The molecule has 104 valence electrons. The predicted octanol–water partition coefficient (Wildman–Crippen LogP) is 3.39. The second kappa shape index (κ2) is 4.75. The summed E-state index contributed by atoms with van der Waals surface area (Å²) in [4.78, 5) is 12.8. The molecule has 6 heteroatoms. The number of nitrogens with zero attached hydrogens (tertiary/aromatic N) is 1. The zero-order valence-electron chi connectivity index (χ0n) is 10.4. The molecule has 0 unspecified atom stereocenters. The zero-order valence-corrected chi connectivity index (χ0v) is 10.4. The summed E-state index contributed by atoms with van der Waals surface area (Å²) in [6.07, 6.45) is -1.58. The molecule has 1 aliphatic rings. The number of hydrogen-bond donors (Lipinski definition) is 1. The van der Waals surface area contributed by atoms with E-state index in [9.17, 15) is 18.0 Å². The van der Waals surface area contributed by atoms with Crippen molar-refractivity contribution in [1.82, 2.24) is 0 Å². The van der Waals surface area contributed by atoms with Crippen LogP contribution in [0.15, 0.2) is 18.2 Å². The summed E-state index contributed by atoms with van der Waals surface area (Å²) in [5.41, 5.74) is -1.29. The maximum atomic E-state index is 12.7. The van der Waals surface area contributed by atoms with E-state index < -0.39 is 23.3 Å². The van der Waals surface area contributed by atoms with Gasteiger partial charge in [-0.15, -0.1) is 0 Å². The van der Waals surface area contributed by atoms with Crippen molar-refractivity contribution in [1.29, 1.82) is 0 Å². The molecule has 1 aromatic rings. The van der Waals surface area contributed by atoms with Crippen LogP contribution in [0, 0.1) is 0 Å². The summed E-state index contributed by atoms with van der Waals surface area (Å²) in [5.74, 6) is -1.56. The zero-order chi connectivity index (χ0) is 14.2. The van der Waals surface area contributed by atoms with Crippen LogP contribution < -0.4 is 4.90 Å². The van der Waals surface area contributed by atoms with Crippen LogP contribution in [0.1, 0.15) is 35.2 Å². The highest BCUT2D eigenvalue weighted by molar-refractivity contribution is 5.91. The first-order valence-corrected chi connectivity index (χ1v) is 5.98. The Labute approximate surface area is 108 Å². The fraction of sp³-hybridized carbons (Fsp3) is 0.462. The average Bonchev–Trinajstić information content (AvgIpc) is 2.24. The lowest BCUT2D eigenvalue weighted by atomic mass is 9.91. The highest BCUT2D eigenvalue weighted by Gasteiger charge is 2.36. The van der Waals surface area contributed by atoms with Crippen LogP contribution in [0.25, 0.3) is 0 Å². The molecule has 0 amide bonds. The molecule has 0 bridgehead atoms. The van der Waals surface area contributed by atoms with E-state index in [1.807, 2.05) is 4.90 Å². The molecule has 1 saturated carbocycles. The smallest absolute Gasteiger partial charge is 0.417 e. The summed E-state index contributed by atoms with van der Waals surface area (Å²) in [6.45, 7) is 0. The van der Waals surface area contributed by atoms with Crippen molar-refractivity contribution < 1.29 is 23.1 Å². The Morgan fingerprint density at radius 2 is 2.00 bits per heavy atom. The van der Waals surface area contributed by atoms with Gasteiger partial charge in [0.15, 0.2) is 0 Å². The molecule has 0 spiro atoms. The molecule has 19 heavy (non-hydrogen) atoms. The number of carboxylic acids is 1. The fourth-order valence-electron chi connectivity index (χ4n) is 2.16. The number of carbonyl (C=O) groups is 1. The van der Waals surface area contributed by atoms with Crippen molar-refractivity contribution in [3.8, 4) is 0 Å². The van der Waals surface area contributed by atoms with Crippen LogP contribution >= 0.6 is 0 Å². The Balaban J connectivity index is 2.38. The van der Waals surface area contributed by atoms with E-state index in [-0.39, 0.29) is 0 Å². The Bertz CT molecular complexity index is 495. The van der Waals surface area contributed by atoms with E-state index >= 15 is 0 Å². The SMILES string of the molecule is CN(c1ccc(C(F)(F)F)c(C(=O)O)c1)C1CCC1. The van der Waals surface area contributed by atoms with Gasteiger partial charge in [0, 0.05) is 18.8 Å². The minimum atomic E-state index is -4.65. The molecule has 1 aliphatic carbocycles. The molecule has 0 radical (unpaired) electrons. The minimum absolute atomic E-state index is 0.290. The molecule has 1 N–H and O–H groups in total. The molecular weight excluding hydrogens is 259 g/mol. The largest absolute Gasteiger partial charge is 0.478 e. The first-order valence-electron chi connectivity index (χ1n) is 5.98. The first-order chi connectivity index (χ1) is 8.80. The van der Waals surface area contributed by atoms with Gasteiger partial charge in [0.2, 0.25) is 0 Å². The highest BCUT2D eigenvalue weighted by Crippen LogP contribution is 2.35. The van der Waals surface area contributed by atoms with Crippen LogP contribution in [-0.4, -0.2) is 24.2 Å². The fourth-order valence-corrected chi connectivity index (χ4v) is 2.16. The summed E-state index contributed by atoms with van der Waals surface area (Å²) < 4.78 is 38.1. The van der Waals surface area contributed by atoms with Gasteiger partial charge in [-0.2, -0.15) is 13.2 Å². The third kappa shape index (κ3) is 2.67. The molecule has 0 heterocycles. The van der Waals surface area contributed by atoms with Gasteiger partial charge in [-0.3, -0.25) is 0 Å². The summed E-state index contributed by atoms with van der Waals surface area (Å²) in [7, 11) is 1.78. The molecule has 3 nitrogen and oxygen atoms in total. The Morgan fingerprint density at radius 1 is 1.37 bits per heavy atom. The molecule has 0 atom stereocenters. The van der Waals surface area contributed by atoms with Gasteiger partial charge >= 0.3 is 12.1 Å². The van der Waals surface area contributed by atoms with Crippen LogP contribution in [0.5, 0.6) is 0 Å². The van der Waals surface area contributed by atoms with Gasteiger partial charge in [0.1, 0.15) is 0 Å². The van der Waals surface area contributed by atoms with Gasteiger partial charge in [0.05, 0.1) is 11.1 Å². The molecule has 0 saturated heterocycles. The van der Waals surface area contributed by atoms with E-state index in [0.717, 1.165) is 31.4 Å². The van der Waals surface area contributed by atoms with Gasteiger partial charge in [0.25, 0.3) is 0 Å². The lowest BCUT2D eigenvalue weighted by molar-refractivity contribution is -0.138. The van der Waals surface area contributed by atoms with Gasteiger partial charge in [-0.25, -0.2) is 4.79 Å². The maximum absolute atomic E-state index is 12.7. The third-order valence-electron chi connectivity index (χ3n) is 3.57. The highest BCUT2D eigenvalue weighted by atomic mass is 19.4. The monoisotopic (exact) mass is 273 g/mol. The quantitative estimate of drug-likeness (QED) is 0.917. The van der Waals surface area contributed by atoms with Crippen molar-refractivity contribution >= 4 is 11.7 Å². The number of rotatable bonds is 3. The van der Waals surface area contributed by atoms with E-state index in [1.165, 1.54) is 6.07 Å². The van der Waals surface area contributed by atoms with E-state index in [0.29, 0.717) is 11.7 Å². The van der Waals surface area contributed by atoms with Crippen LogP contribution in [0.4, 0.5) is 18.9 Å². The normalized spacial score (nSPS) is 16.0. The number of hydrogen-bond acceptors (Lipinski definition) is 2. The topological polar surface area (TPSA) is 40.5 Å². The number of alkyl halides is 3. The lowest BCUT2D eigenvalue weighted by Gasteiger charge is -2.36. The number of carboxylic acid groups (broad SMARTS) is 1. The van der Waals surface area contributed by atoms with Crippen LogP contribution in [0.3, 0.4) is 0 Å². The Kier molecular flexibility index (Phi) is 3.43. The Morgan fingerprint density at radius 3 is 2.42 bits per heavy atom. The van der Waals surface area contributed by atoms with Crippen LogP contribution in [-0.2, 0) is 6.18 Å². The van der Waals surface area contributed by atoms with Crippen molar-refractivity contribution in [3.05, 3.63) is 29.3 Å². The average molecular weight is 273 g/mol. The summed E-state index contributed by atoms with van der Waals surface area (Å²) in [6, 6.07) is 3.56. The Hall–Kier alpha value is -1.72. The summed E-state index contributed by atoms with van der Waals surface area (Å²) >= 11 is 0. The third-order valence-corrected chi connectivity index (χ3v) is 3.57. The second-order valence-electron chi connectivity index (χ2n) is 4.73.